The van der Waals surface area contributed by atoms with Gasteiger partial charge < -0.3 is 20.9 Å². The van der Waals surface area contributed by atoms with Gasteiger partial charge in [-0.2, -0.15) is 0 Å². The first kappa shape index (κ1) is 19.8. The molecule has 0 bridgehead atoms. The highest BCUT2D eigenvalue weighted by atomic mass is 19.1. The normalized spacial score (nSPS) is 14.6. The molecule has 2 atom stereocenters. The van der Waals surface area contributed by atoms with Crippen LogP contribution >= 0.6 is 0 Å². The summed E-state index contributed by atoms with van der Waals surface area (Å²) in [6.07, 6.45) is -0.634. The molecule has 1 aliphatic carbocycles. The van der Waals surface area contributed by atoms with Crippen LogP contribution in [0.25, 0.3) is 11.1 Å². The first-order valence-electron chi connectivity index (χ1n) is 9.17. The number of carbonyl (C=O) groups excluding carboxylic acids is 1. The number of ether oxygens (including phenoxy) is 1. The number of halogens is 1. The number of hydrogen-bond acceptors (Lipinski definition) is 4. The largest absolute Gasteiger partial charge is 0.480 e. The highest BCUT2D eigenvalue weighted by Crippen LogP contribution is 2.44. The fourth-order valence-electron chi connectivity index (χ4n) is 3.50. The van der Waals surface area contributed by atoms with Gasteiger partial charge in [-0.25, -0.2) is 14.0 Å². The molecule has 0 radical (unpaired) electrons. The number of alkyl carbamates (subject to hydrolysis) is 1. The Morgan fingerprint density at radius 1 is 1.07 bits per heavy atom. The molecule has 0 fully saturated rings. The number of nitrogens with two attached hydrogens (primary N) is 1. The summed E-state index contributed by atoms with van der Waals surface area (Å²) in [5.41, 5.74) is 9.83. The third-order valence-corrected chi connectivity index (χ3v) is 4.96. The van der Waals surface area contributed by atoms with Crippen LogP contribution in [-0.4, -0.2) is 42.5 Å². The van der Waals surface area contributed by atoms with E-state index >= 15 is 0 Å². The van der Waals surface area contributed by atoms with Gasteiger partial charge in [0, 0.05) is 12.0 Å². The molecule has 0 aromatic heterocycles. The monoisotopic (exact) mass is 386 g/mol. The average Bonchev–Trinajstić information content (AvgIpc) is 3.03. The van der Waals surface area contributed by atoms with Gasteiger partial charge in [-0.15, -0.1) is 0 Å². The van der Waals surface area contributed by atoms with E-state index in [1.807, 2.05) is 48.5 Å². The summed E-state index contributed by atoms with van der Waals surface area (Å²) in [7, 11) is 0. The molecule has 6 nitrogen and oxygen atoms in total. The number of hydrogen-bond donors (Lipinski definition) is 3. The summed E-state index contributed by atoms with van der Waals surface area (Å²) in [5, 5.41) is 11.6. The maximum atomic E-state index is 12.5. The number of carbonyl (C=O) groups is 2. The number of benzene rings is 2. The van der Waals surface area contributed by atoms with Crippen LogP contribution in [0.15, 0.2) is 48.5 Å². The second-order valence-electron chi connectivity index (χ2n) is 6.85. The Morgan fingerprint density at radius 3 is 2.18 bits per heavy atom. The van der Waals surface area contributed by atoms with Crippen molar-refractivity contribution in [2.45, 2.75) is 30.8 Å². The van der Waals surface area contributed by atoms with Crippen LogP contribution < -0.4 is 11.1 Å². The SMILES string of the molecule is NC(CF)CCC(NC(=O)OCC1c2ccccc2-c2ccccc21)C(=O)O. The number of carboxylic acid groups (broad SMARTS) is 1. The van der Waals surface area contributed by atoms with Crippen molar-refractivity contribution < 1.29 is 23.8 Å². The third kappa shape index (κ3) is 4.31. The number of fused-ring (bicyclic) bond motifs is 3. The van der Waals surface area contributed by atoms with Crippen molar-refractivity contribution in [3.8, 4) is 11.1 Å². The van der Waals surface area contributed by atoms with Gasteiger partial charge in [0.1, 0.15) is 19.3 Å². The second kappa shape index (κ2) is 8.84. The van der Waals surface area contributed by atoms with E-state index in [2.05, 4.69) is 5.32 Å². The molecule has 0 spiro atoms. The lowest BCUT2D eigenvalue weighted by atomic mass is 9.98. The zero-order valence-corrected chi connectivity index (χ0v) is 15.3. The average molecular weight is 386 g/mol. The lowest BCUT2D eigenvalue weighted by molar-refractivity contribution is -0.139. The molecular weight excluding hydrogens is 363 g/mol. The van der Waals surface area contributed by atoms with Crippen LogP contribution in [0.5, 0.6) is 0 Å². The Bertz CT molecular complexity index is 812. The maximum absolute atomic E-state index is 12.5. The number of carboxylic acids is 1. The number of alkyl halides is 1. The first-order valence-corrected chi connectivity index (χ1v) is 9.17. The molecule has 0 heterocycles. The molecular formula is C21H23FN2O4. The topological polar surface area (TPSA) is 102 Å². The Hall–Kier alpha value is -2.93. The van der Waals surface area contributed by atoms with Crippen LogP contribution in [0, 0.1) is 0 Å². The highest BCUT2D eigenvalue weighted by molar-refractivity contribution is 5.81. The van der Waals surface area contributed by atoms with Crippen molar-refractivity contribution in [1.82, 2.24) is 5.32 Å². The van der Waals surface area contributed by atoms with Crippen LogP contribution in [-0.2, 0) is 9.53 Å². The molecule has 2 aromatic rings. The van der Waals surface area contributed by atoms with Crippen molar-refractivity contribution in [2.24, 2.45) is 5.73 Å². The Kier molecular flexibility index (Phi) is 6.26. The van der Waals surface area contributed by atoms with Gasteiger partial charge in [0.05, 0.1) is 0 Å². The molecule has 1 amide bonds. The van der Waals surface area contributed by atoms with Crippen molar-refractivity contribution in [3.05, 3.63) is 59.7 Å². The molecule has 2 aromatic carbocycles. The Morgan fingerprint density at radius 2 is 1.64 bits per heavy atom. The van der Waals surface area contributed by atoms with E-state index in [4.69, 9.17) is 10.5 Å². The summed E-state index contributed by atoms with van der Waals surface area (Å²) < 4.78 is 17.8. The quantitative estimate of drug-likeness (QED) is 0.647. The first-order chi connectivity index (χ1) is 13.5. The third-order valence-electron chi connectivity index (χ3n) is 4.96. The van der Waals surface area contributed by atoms with E-state index in [0.717, 1.165) is 22.3 Å². The summed E-state index contributed by atoms with van der Waals surface area (Å²) in [5.74, 6) is -1.32. The van der Waals surface area contributed by atoms with Gasteiger partial charge in [-0.3, -0.25) is 0 Å². The maximum Gasteiger partial charge on any atom is 0.407 e. The predicted molar refractivity (Wildman–Crippen MR) is 103 cm³/mol. The minimum absolute atomic E-state index is 0.0324. The van der Waals surface area contributed by atoms with Gasteiger partial charge >= 0.3 is 12.1 Å². The molecule has 3 rings (SSSR count). The van der Waals surface area contributed by atoms with Gasteiger partial charge in [-0.1, -0.05) is 48.5 Å². The fraction of sp³-hybridized carbons (Fsp3) is 0.333. The lowest BCUT2D eigenvalue weighted by Crippen LogP contribution is -2.42. The molecule has 4 N–H and O–H groups in total. The molecule has 2 unspecified atom stereocenters. The molecule has 0 saturated heterocycles. The van der Waals surface area contributed by atoms with Gasteiger partial charge in [0.15, 0.2) is 0 Å². The zero-order chi connectivity index (χ0) is 20.1. The smallest absolute Gasteiger partial charge is 0.407 e. The summed E-state index contributed by atoms with van der Waals surface area (Å²) >= 11 is 0. The summed E-state index contributed by atoms with van der Waals surface area (Å²) in [4.78, 5) is 23.5. The van der Waals surface area contributed by atoms with E-state index in [-0.39, 0.29) is 25.4 Å². The molecule has 1 aliphatic rings. The molecule has 28 heavy (non-hydrogen) atoms. The Labute approximate surface area is 162 Å². The van der Waals surface area contributed by atoms with E-state index < -0.39 is 30.8 Å². The van der Waals surface area contributed by atoms with Crippen LogP contribution in [0.4, 0.5) is 9.18 Å². The molecule has 7 heteroatoms. The van der Waals surface area contributed by atoms with Crippen molar-refractivity contribution in [3.63, 3.8) is 0 Å². The van der Waals surface area contributed by atoms with Crippen molar-refractivity contribution in [1.29, 1.82) is 0 Å². The number of nitrogens with one attached hydrogen (secondary N) is 1. The highest BCUT2D eigenvalue weighted by Gasteiger charge is 2.29. The minimum Gasteiger partial charge on any atom is -0.480 e. The van der Waals surface area contributed by atoms with E-state index in [9.17, 15) is 19.1 Å². The summed E-state index contributed by atoms with van der Waals surface area (Å²) in [6.45, 7) is -0.645. The predicted octanol–water partition coefficient (Wildman–Crippen LogP) is 3.06. The fourth-order valence-corrected chi connectivity index (χ4v) is 3.50. The van der Waals surface area contributed by atoms with Crippen LogP contribution in [0.1, 0.15) is 29.9 Å². The van der Waals surface area contributed by atoms with E-state index in [1.165, 1.54) is 0 Å². The van der Waals surface area contributed by atoms with Crippen LogP contribution in [0.3, 0.4) is 0 Å². The van der Waals surface area contributed by atoms with E-state index in [0.29, 0.717) is 0 Å². The Balaban J connectivity index is 1.63. The van der Waals surface area contributed by atoms with Crippen molar-refractivity contribution >= 4 is 12.1 Å². The summed E-state index contributed by atoms with van der Waals surface area (Å²) in [6, 6.07) is 13.9. The number of aliphatic carboxylic acids is 1. The van der Waals surface area contributed by atoms with E-state index in [1.54, 1.807) is 0 Å². The zero-order valence-electron chi connectivity index (χ0n) is 15.3. The standard InChI is InChI=1S/C21H23FN2O4/c22-11-13(23)9-10-19(20(25)26)24-21(27)28-12-18-16-7-3-1-5-14(16)15-6-2-4-8-17(15)18/h1-8,13,18-19H,9-12,23H2,(H,24,27)(H,25,26). The van der Waals surface area contributed by atoms with Crippen LogP contribution in [0.2, 0.25) is 0 Å². The molecule has 148 valence electrons. The second-order valence-corrected chi connectivity index (χ2v) is 6.85. The molecule has 0 aliphatic heterocycles. The van der Waals surface area contributed by atoms with Gasteiger partial charge in [-0.05, 0) is 35.1 Å². The minimum atomic E-state index is -1.21. The van der Waals surface area contributed by atoms with Gasteiger partial charge in [0.2, 0.25) is 0 Å². The lowest BCUT2D eigenvalue weighted by Gasteiger charge is -2.18. The van der Waals surface area contributed by atoms with Crippen molar-refractivity contribution in [2.75, 3.05) is 13.3 Å². The number of amides is 1. The molecule has 0 saturated carbocycles. The number of rotatable bonds is 8. The van der Waals surface area contributed by atoms with Gasteiger partial charge in [0.25, 0.3) is 0 Å².